The molecule has 0 radical (unpaired) electrons. The van der Waals surface area contributed by atoms with E-state index in [1.165, 1.54) is 0 Å². The van der Waals surface area contributed by atoms with Gasteiger partial charge in [-0.3, -0.25) is 0 Å². The maximum atomic E-state index is 6.11. The van der Waals surface area contributed by atoms with Crippen LogP contribution < -0.4 is 5.32 Å². The zero-order chi connectivity index (χ0) is 20.5. The van der Waals surface area contributed by atoms with Crippen LogP contribution >= 0.6 is 23.2 Å². The van der Waals surface area contributed by atoms with E-state index in [9.17, 15) is 0 Å². The summed E-state index contributed by atoms with van der Waals surface area (Å²) in [6.45, 7) is 0. The maximum absolute atomic E-state index is 6.11. The van der Waals surface area contributed by atoms with Crippen molar-refractivity contribution in [1.29, 1.82) is 0 Å². The van der Waals surface area contributed by atoms with Crippen molar-refractivity contribution in [3.63, 3.8) is 0 Å². The monoisotopic (exact) mass is 431 g/mol. The molecule has 2 aromatic heterocycles. The Hall–Kier alpha value is -3.41. The molecule has 7 heteroatoms. The molecule has 30 heavy (non-hydrogen) atoms. The van der Waals surface area contributed by atoms with Crippen molar-refractivity contribution in [2.75, 3.05) is 5.32 Å². The van der Waals surface area contributed by atoms with Gasteiger partial charge in [-0.25, -0.2) is 4.98 Å². The van der Waals surface area contributed by atoms with Gasteiger partial charge in [0.05, 0.1) is 26.8 Å². The highest BCUT2D eigenvalue weighted by molar-refractivity contribution is 6.42. The first kappa shape index (κ1) is 18.6. The number of halogens is 2. The van der Waals surface area contributed by atoms with Crippen LogP contribution in [0.5, 0.6) is 0 Å². The molecule has 5 rings (SSSR count). The third kappa shape index (κ3) is 3.73. The lowest BCUT2D eigenvalue weighted by Gasteiger charge is -2.08. The number of nitrogens with zero attached hydrogens (tertiary/aromatic N) is 3. The highest BCUT2D eigenvalue weighted by atomic mass is 35.5. The van der Waals surface area contributed by atoms with Gasteiger partial charge in [-0.1, -0.05) is 47.5 Å². The molecule has 5 aromatic rings. The van der Waals surface area contributed by atoms with E-state index in [0.29, 0.717) is 10.0 Å². The largest absolute Gasteiger partial charge is 0.356 e. The van der Waals surface area contributed by atoms with Gasteiger partial charge in [0.25, 0.3) is 0 Å². The minimum Gasteiger partial charge on any atom is -0.356 e. The summed E-state index contributed by atoms with van der Waals surface area (Å²) >= 11 is 12.2. The van der Waals surface area contributed by atoms with Crippen LogP contribution in [0.4, 0.5) is 11.4 Å². The average molecular weight is 432 g/mol. The summed E-state index contributed by atoms with van der Waals surface area (Å²) in [7, 11) is 0. The van der Waals surface area contributed by atoms with Crippen LogP contribution in [0.15, 0.2) is 79.0 Å². The summed E-state index contributed by atoms with van der Waals surface area (Å²) in [5.74, 6) is 0.755. The molecule has 0 unspecified atom stereocenters. The van der Waals surface area contributed by atoms with Gasteiger partial charge in [0.2, 0.25) is 0 Å². The summed E-state index contributed by atoms with van der Waals surface area (Å²) < 4.78 is 0. The topological polar surface area (TPSA) is 66.5 Å². The summed E-state index contributed by atoms with van der Waals surface area (Å²) in [6.07, 6.45) is 1.66. The zero-order valence-corrected chi connectivity index (χ0v) is 17.1. The molecule has 0 amide bonds. The second-order valence-corrected chi connectivity index (χ2v) is 7.58. The van der Waals surface area contributed by atoms with Gasteiger partial charge < -0.3 is 10.3 Å². The van der Waals surface area contributed by atoms with Crippen LogP contribution in [0.2, 0.25) is 10.0 Å². The lowest BCUT2D eigenvalue weighted by atomic mass is 10.1. The molecule has 2 N–H and O–H groups in total. The fourth-order valence-corrected chi connectivity index (χ4v) is 3.55. The number of rotatable bonds is 4. The van der Waals surface area contributed by atoms with Crippen molar-refractivity contribution in [2.45, 2.75) is 0 Å². The van der Waals surface area contributed by atoms with E-state index < -0.39 is 0 Å². The Balaban J connectivity index is 1.40. The number of fused-ring (bicyclic) bond motifs is 1. The van der Waals surface area contributed by atoms with Gasteiger partial charge in [-0.2, -0.15) is 10.2 Å². The zero-order valence-electron chi connectivity index (χ0n) is 15.6. The average Bonchev–Trinajstić information content (AvgIpc) is 3.18. The van der Waals surface area contributed by atoms with Gasteiger partial charge in [0.15, 0.2) is 0 Å². The quantitative estimate of drug-likeness (QED) is 0.330. The Morgan fingerprint density at radius 2 is 1.60 bits per heavy atom. The highest BCUT2D eigenvalue weighted by Gasteiger charge is 2.09. The van der Waals surface area contributed by atoms with Gasteiger partial charge in [-0.05, 0) is 48.5 Å². The molecule has 0 atom stereocenters. The molecule has 146 valence electrons. The fraction of sp³-hybridized carbons (Fsp3) is 0. The van der Waals surface area contributed by atoms with E-state index in [2.05, 4.69) is 25.5 Å². The summed E-state index contributed by atoms with van der Waals surface area (Å²) in [5.41, 5.74) is 6.37. The molecule has 0 saturated heterocycles. The molecule has 0 spiro atoms. The van der Waals surface area contributed by atoms with Crippen molar-refractivity contribution in [1.82, 2.24) is 20.2 Å². The summed E-state index contributed by atoms with van der Waals surface area (Å²) in [5, 5.41) is 12.5. The van der Waals surface area contributed by atoms with E-state index in [1.807, 2.05) is 60.7 Å². The highest BCUT2D eigenvalue weighted by Crippen LogP contribution is 2.30. The number of hydrogen-bond donors (Lipinski definition) is 2. The molecule has 0 aliphatic carbocycles. The van der Waals surface area contributed by atoms with Crippen LogP contribution in [0.1, 0.15) is 0 Å². The second-order valence-electron chi connectivity index (χ2n) is 6.76. The number of nitrogens with one attached hydrogen (secondary N) is 2. The van der Waals surface area contributed by atoms with E-state index in [-0.39, 0.29) is 0 Å². The molecule has 2 heterocycles. The van der Waals surface area contributed by atoms with E-state index in [4.69, 9.17) is 23.2 Å². The molecule has 0 aliphatic heterocycles. The van der Waals surface area contributed by atoms with Crippen molar-refractivity contribution in [2.24, 2.45) is 0 Å². The van der Waals surface area contributed by atoms with Crippen molar-refractivity contribution >= 4 is 45.6 Å². The normalized spacial score (nSPS) is 11.0. The second kappa shape index (κ2) is 7.78. The van der Waals surface area contributed by atoms with Crippen LogP contribution in [0.25, 0.3) is 33.7 Å². The molecule has 0 fully saturated rings. The van der Waals surface area contributed by atoms with Crippen molar-refractivity contribution in [3.8, 4) is 22.6 Å². The van der Waals surface area contributed by atoms with E-state index >= 15 is 0 Å². The van der Waals surface area contributed by atoms with Gasteiger partial charge in [0.1, 0.15) is 5.82 Å². The smallest absolute Gasteiger partial charge is 0.138 e. The predicted octanol–water partition coefficient (Wildman–Crippen LogP) is 6.74. The Kier molecular flexibility index (Phi) is 4.83. The first-order valence-electron chi connectivity index (χ1n) is 9.26. The lowest BCUT2D eigenvalue weighted by Crippen LogP contribution is -1.92. The molecular formula is C23H15Cl2N5. The number of H-pyrrole nitrogens is 1. The van der Waals surface area contributed by atoms with Crippen LogP contribution in [-0.2, 0) is 0 Å². The number of benzene rings is 3. The predicted molar refractivity (Wildman–Crippen MR) is 122 cm³/mol. The SMILES string of the molecule is Clc1cc2nc(-c3cccc(Nc4ccc(-c5cccnn5)cc4)c3)[nH]c2cc1Cl. The molecule has 3 aromatic carbocycles. The van der Waals surface area contributed by atoms with Crippen molar-refractivity contribution in [3.05, 3.63) is 89.0 Å². The number of aromatic nitrogens is 4. The molecule has 0 saturated carbocycles. The van der Waals surface area contributed by atoms with Crippen LogP contribution in [0.3, 0.4) is 0 Å². The first-order valence-corrected chi connectivity index (χ1v) is 10.0. The lowest BCUT2D eigenvalue weighted by molar-refractivity contribution is 1.04. The van der Waals surface area contributed by atoms with Crippen LogP contribution in [-0.4, -0.2) is 20.2 Å². The van der Waals surface area contributed by atoms with Gasteiger partial charge in [-0.15, -0.1) is 0 Å². The van der Waals surface area contributed by atoms with Crippen LogP contribution in [0, 0.1) is 0 Å². The number of aromatic amines is 1. The standard InChI is InChI=1S/C23H15Cl2N5/c24-18-12-21-22(13-19(18)25)29-23(28-21)15-3-1-4-17(11-15)27-16-8-6-14(7-9-16)20-5-2-10-26-30-20/h1-13,27H,(H,28,29). The molecular weight excluding hydrogens is 417 g/mol. The van der Waals surface area contributed by atoms with Gasteiger partial charge >= 0.3 is 0 Å². The number of imidazole rings is 1. The number of anilines is 2. The Labute approximate surface area is 182 Å². The minimum atomic E-state index is 0.488. The summed E-state index contributed by atoms with van der Waals surface area (Å²) in [4.78, 5) is 7.94. The minimum absolute atomic E-state index is 0.488. The molecule has 0 aliphatic rings. The Morgan fingerprint density at radius 3 is 2.40 bits per heavy atom. The maximum Gasteiger partial charge on any atom is 0.138 e. The Morgan fingerprint density at radius 1 is 0.767 bits per heavy atom. The third-order valence-electron chi connectivity index (χ3n) is 4.70. The first-order chi connectivity index (χ1) is 14.7. The summed E-state index contributed by atoms with van der Waals surface area (Å²) in [6, 6.07) is 23.5. The fourth-order valence-electron chi connectivity index (χ4n) is 3.23. The van der Waals surface area contributed by atoms with E-state index in [1.54, 1.807) is 18.3 Å². The third-order valence-corrected chi connectivity index (χ3v) is 5.42. The van der Waals surface area contributed by atoms with Crippen molar-refractivity contribution < 1.29 is 0 Å². The van der Waals surface area contributed by atoms with Gasteiger partial charge in [0, 0.05) is 28.7 Å². The van der Waals surface area contributed by atoms with E-state index in [0.717, 1.165) is 45.1 Å². The molecule has 5 nitrogen and oxygen atoms in total. The number of hydrogen-bond acceptors (Lipinski definition) is 4. The molecule has 0 bridgehead atoms. The Bertz CT molecular complexity index is 1290.